The smallest absolute Gasteiger partial charge is 0.356 e. The van der Waals surface area contributed by atoms with Crippen LogP contribution in [0, 0.1) is 0 Å². The predicted octanol–water partition coefficient (Wildman–Crippen LogP) is 2.62. The lowest BCUT2D eigenvalue weighted by molar-refractivity contribution is -0.117. The van der Waals surface area contributed by atoms with Gasteiger partial charge in [-0.1, -0.05) is 32.0 Å². The van der Waals surface area contributed by atoms with Crippen LogP contribution < -0.4 is 5.32 Å². The molecule has 1 aromatic carbocycles. The fourth-order valence-corrected chi connectivity index (χ4v) is 2.46. The summed E-state index contributed by atoms with van der Waals surface area (Å²) in [5, 5.41) is 3.65. The third-order valence-electron chi connectivity index (χ3n) is 3.71. The van der Waals surface area contributed by atoms with Gasteiger partial charge in [-0.15, -0.1) is 0 Å². The van der Waals surface area contributed by atoms with Gasteiger partial charge in [0.1, 0.15) is 5.69 Å². The SMILES string of the molecule is CCOC(=O)c1[nH]c2ccccc2c1NC(=O)CN(CC)CC. The van der Waals surface area contributed by atoms with Crippen molar-refractivity contribution < 1.29 is 14.3 Å². The summed E-state index contributed by atoms with van der Waals surface area (Å²) >= 11 is 0. The number of benzene rings is 1. The molecular formula is C17H23N3O3. The summed E-state index contributed by atoms with van der Waals surface area (Å²) in [7, 11) is 0. The molecule has 0 aliphatic rings. The summed E-state index contributed by atoms with van der Waals surface area (Å²) < 4.78 is 5.07. The molecule has 0 aliphatic heterocycles. The number of likely N-dealkylation sites (N-methyl/N-ethyl adjacent to an activating group) is 1. The lowest BCUT2D eigenvalue weighted by atomic mass is 10.2. The fraction of sp³-hybridized carbons (Fsp3) is 0.412. The highest BCUT2D eigenvalue weighted by Crippen LogP contribution is 2.28. The lowest BCUT2D eigenvalue weighted by Crippen LogP contribution is -2.33. The first kappa shape index (κ1) is 17.0. The van der Waals surface area contributed by atoms with Crippen molar-refractivity contribution in [1.29, 1.82) is 0 Å². The minimum absolute atomic E-state index is 0.149. The second kappa shape index (κ2) is 7.78. The Labute approximate surface area is 135 Å². The molecule has 6 nitrogen and oxygen atoms in total. The van der Waals surface area contributed by atoms with Crippen LogP contribution in [-0.4, -0.2) is 48.0 Å². The number of hydrogen-bond acceptors (Lipinski definition) is 4. The zero-order chi connectivity index (χ0) is 16.8. The molecule has 1 heterocycles. The number of carbonyl (C=O) groups is 2. The van der Waals surface area contributed by atoms with Gasteiger partial charge in [0, 0.05) is 10.9 Å². The minimum atomic E-state index is -0.471. The minimum Gasteiger partial charge on any atom is -0.461 e. The van der Waals surface area contributed by atoms with E-state index < -0.39 is 5.97 Å². The Hall–Kier alpha value is -2.34. The average molecular weight is 317 g/mol. The van der Waals surface area contributed by atoms with Crippen molar-refractivity contribution >= 4 is 28.5 Å². The maximum atomic E-state index is 12.3. The molecule has 0 saturated carbocycles. The van der Waals surface area contributed by atoms with E-state index in [1.54, 1.807) is 6.92 Å². The first-order chi connectivity index (χ1) is 11.1. The van der Waals surface area contributed by atoms with Gasteiger partial charge in [0.25, 0.3) is 0 Å². The van der Waals surface area contributed by atoms with Crippen LogP contribution in [0.4, 0.5) is 5.69 Å². The average Bonchev–Trinajstić information content (AvgIpc) is 2.91. The Morgan fingerprint density at radius 2 is 1.87 bits per heavy atom. The van der Waals surface area contributed by atoms with Crippen LogP contribution in [0.2, 0.25) is 0 Å². The van der Waals surface area contributed by atoms with Gasteiger partial charge in [-0.3, -0.25) is 9.69 Å². The van der Waals surface area contributed by atoms with Crippen molar-refractivity contribution in [3.05, 3.63) is 30.0 Å². The Morgan fingerprint density at radius 3 is 2.52 bits per heavy atom. The van der Waals surface area contributed by atoms with Gasteiger partial charge >= 0.3 is 5.97 Å². The van der Waals surface area contributed by atoms with Crippen LogP contribution in [0.25, 0.3) is 10.9 Å². The van der Waals surface area contributed by atoms with Gasteiger partial charge < -0.3 is 15.0 Å². The number of anilines is 1. The number of H-pyrrole nitrogens is 1. The third kappa shape index (κ3) is 3.90. The maximum Gasteiger partial charge on any atom is 0.356 e. The molecule has 6 heteroatoms. The van der Waals surface area contributed by atoms with Gasteiger partial charge in [-0.05, 0) is 26.1 Å². The normalized spacial score (nSPS) is 11.0. The second-order valence-electron chi connectivity index (χ2n) is 5.15. The topological polar surface area (TPSA) is 74.4 Å². The van der Waals surface area contributed by atoms with E-state index in [0.717, 1.165) is 24.0 Å². The number of nitrogens with zero attached hydrogens (tertiary/aromatic N) is 1. The third-order valence-corrected chi connectivity index (χ3v) is 3.71. The zero-order valence-electron chi connectivity index (χ0n) is 13.8. The van der Waals surface area contributed by atoms with Crippen molar-refractivity contribution in [2.75, 3.05) is 31.6 Å². The van der Waals surface area contributed by atoms with Crippen molar-refractivity contribution in [2.45, 2.75) is 20.8 Å². The second-order valence-corrected chi connectivity index (χ2v) is 5.15. The molecule has 0 aliphatic carbocycles. The molecule has 124 valence electrons. The quantitative estimate of drug-likeness (QED) is 0.770. The summed E-state index contributed by atoms with van der Waals surface area (Å²) in [5.74, 6) is -0.620. The largest absolute Gasteiger partial charge is 0.461 e. The molecule has 0 fully saturated rings. The van der Waals surface area contributed by atoms with Crippen molar-refractivity contribution in [1.82, 2.24) is 9.88 Å². The Kier molecular flexibility index (Phi) is 5.76. The zero-order valence-corrected chi connectivity index (χ0v) is 13.8. The highest BCUT2D eigenvalue weighted by atomic mass is 16.5. The molecule has 0 unspecified atom stereocenters. The Bertz CT molecular complexity index is 689. The van der Waals surface area contributed by atoms with E-state index in [-0.39, 0.29) is 24.8 Å². The number of aromatic nitrogens is 1. The van der Waals surface area contributed by atoms with E-state index in [0.29, 0.717) is 5.69 Å². The first-order valence-electron chi connectivity index (χ1n) is 7.90. The molecule has 0 radical (unpaired) electrons. The Balaban J connectivity index is 2.32. The highest BCUT2D eigenvalue weighted by Gasteiger charge is 2.20. The van der Waals surface area contributed by atoms with E-state index in [1.165, 1.54) is 0 Å². The summed E-state index contributed by atoms with van der Waals surface area (Å²) in [5.41, 5.74) is 1.55. The van der Waals surface area contributed by atoms with Gasteiger partial charge in [-0.2, -0.15) is 0 Å². The number of para-hydroxylation sites is 1. The maximum absolute atomic E-state index is 12.3. The van der Waals surface area contributed by atoms with Crippen LogP contribution in [0.5, 0.6) is 0 Å². The molecule has 0 spiro atoms. The van der Waals surface area contributed by atoms with Crippen molar-refractivity contribution in [3.63, 3.8) is 0 Å². The first-order valence-corrected chi connectivity index (χ1v) is 7.90. The van der Waals surface area contributed by atoms with Gasteiger partial charge in [0.05, 0.1) is 18.8 Å². The number of fused-ring (bicyclic) bond motifs is 1. The van der Waals surface area contributed by atoms with Gasteiger partial charge in [0.15, 0.2) is 0 Å². The number of ether oxygens (including phenoxy) is 1. The summed E-state index contributed by atoms with van der Waals surface area (Å²) in [6, 6.07) is 7.46. The summed E-state index contributed by atoms with van der Waals surface area (Å²) in [6.45, 7) is 7.92. The molecule has 0 atom stereocenters. The van der Waals surface area contributed by atoms with Crippen LogP contribution in [0.3, 0.4) is 0 Å². The van der Waals surface area contributed by atoms with E-state index in [4.69, 9.17) is 4.74 Å². The number of esters is 1. The molecule has 1 aromatic heterocycles. The molecule has 23 heavy (non-hydrogen) atoms. The standard InChI is InChI=1S/C17H23N3O3/c1-4-20(5-2)11-14(21)19-15-12-9-7-8-10-13(12)18-16(15)17(22)23-6-3/h7-10,18H,4-6,11H2,1-3H3,(H,19,21). The fourth-order valence-electron chi connectivity index (χ4n) is 2.46. The molecule has 0 bridgehead atoms. The molecular weight excluding hydrogens is 294 g/mol. The van der Waals surface area contributed by atoms with Crippen LogP contribution in [0.1, 0.15) is 31.3 Å². The number of nitrogens with one attached hydrogen (secondary N) is 2. The molecule has 2 rings (SSSR count). The predicted molar refractivity (Wildman–Crippen MR) is 90.7 cm³/mol. The number of carbonyl (C=O) groups excluding carboxylic acids is 2. The van der Waals surface area contributed by atoms with Crippen molar-refractivity contribution in [2.24, 2.45) is 0 Å². The van der Waals surface area contributed by atoms with E-state index >= 15 is 0 Å². The van der Waals surface area contributed by atoms with Gasteiger partial charge in [-0.25, -0.2) is 4.79 Å². The van der Waals surface area contributed by atoms with Gasteiger partial charge in [0.2, 0.25) is 5.91 Å². The van der Waals surface area contributed by atoms with Crippen LogP contribution >= 0.6 is 0 Å². The molecule has 0 saturated heterocycles. The molecule has 1 amide bonds. The van der Waals surface area contributed by atoms with E-state index in [2.05, 4.69) is 10.3 Å². The number of amides is 1. The Morgan fingerprint density at radius 1 is 1.17 bits per heavy atom. The summed E-state index contributed by atoms with van der Waals surface area (Å²) in [6.07, 6.45) is 0. The van der Waals surface area contributed by atoms with E-state index in [9.17, 15) is 9.59 Å². The molecule has 2 N–H and O–H groups in total. The van der Waals surface area contributed by atoms with Crippen LogP contribution in [0.15, 0.2) is 24.3 Å². The summed E-state index contributed by atoms with van der Waals surface area (Å²) in [4.78, 5) is 29.5. The highest BCUT2D eigenvalue weighted by molar-refractivity contribution is 6.11. The monoisotopic (exact) mass is 317 g/mol. The van der Waals surface area contributed by atoms with Crippen molar-refractivity contribution in [3.8, 4) is 0 Å². The number of rotatable bonds is 7. The van der Waals surface area contributed by atoms with E-state index in [1.807, 2.05) is 43.0 Å². The lowest BCUT2D eigenvalue weighted by Gasteiger charge is -2.17. The van der Waals surface area contributed by atoms with Crippen LogP contribution in [-0.2, 0) is 9.53 Å². The number of aromatic amines is 1. The molecule has 2 aromatic rings. The number of hydrogen-bond donors (Lipinski definition) is 2.